The molecule has 110 valence electrons. The third-order valence-electron chi connectivity index (χ3n) is 3.91. The van der Waals surface area contributed by atoms with Crippen LogP contribution in [0.3, 0.4) is 0 Å². The summed E-state index contributed by atoms with van der Waals surface area (Å²) in [6, 6.07) is 8.42. The van der Waals surface area contributed by atoms with Crippen LogP contribution in [0.4, 0.5) is 0 Å². The van der Waals surface area contributed by atoms with E-state index in [4.69, 9.17) is 9.52 Å². The zero-order valence-electron chi connectivity index (χ0n) is 11.8. The molecular formula is C16H18N2O3. The van der Waals surface area contributed by atoms with Crippen molar-refractivity contribution in [2.45, 2.75) is 44.4 Å². The average Bonchev–Trinajstić information content (AvgIpc) is 3.09. The van der Waals surface area contributed by atoms with Crippen LogP contribution in [0.5, 0.6) is 0 Å². The topological polar surface area (TPSA) is 76.2 Å². The molecular weight excluding hydrogens is 268 g/mol. The Morgan fingerprint density at radius 3 is 2.57 bits per heavy atom. The zero-order valence-corrected chi connectivity index (χ0v) is 11.8. The number of rotatable bonds is 6. The molecule has 2 aromatic rings. The number of aryl methyl sites for hydroxylation is 1. The lowest BCUT2D eigenvalue weighted by molar-refractivity contribution is -0.137. The standard InChI is InChI=1S/C16H18N2O3/c19-15(20)8-4-3-7-14-17-18-16(21-14)13-9-11-5-1-2-6-12(11)10-13/h1-2,5-6,13H,3-4,7-10H2,(H,19,20). The van der Waals surface area contributed by atoms with E-state index in [-0.39, 0.29) is 12.3 Å². The van der Waals surface area contributed by atoms with Gasteiger partial charge in [0, 0.05) is 18.8 Å². The number of nitrogens with zero attached hydrogens (tertiary/aromatic N) is 2. The molecule has 0 radical (unpaired) electrons. The number of carboxylic acid groups (broad SMARTS) is 1. The molecule has 1 aliphatic rings. The summed E-state index contributed by atoms with van der Waals surface area (Å²) in [6.45, 7) is 0. The predicted molar refractivity (Wildman–Crippen MR) is 76.1 cm³/mol. The first-order valence-corrected chi connectivity index (χ1v) is 7.33. The quantitative estimate of drug-likeness (QED) is 0.826. The van der Waals surface area contributed by atoms with Gasteiger partial charge in [0.15, 0.2) is 0 Å². The predicted octanol–water partition coefficient (Wildman–Crippen LogP) is 2.75. The average molecular weight is 286 g/mol. The van der Waals surface area contributed by atoms with Crippen LogP contribution in [-0.2, 0) is 24.1 Å². The molecule has 1 aliphatic carbocycles. The van der Waals surface area contributed by atoms with Gasteiger partial charge in [-0.3, -0.25) is 4.79 Å². The van der Waals surface area contributed by atoms with E-state index in [0.717, 1.165) is 19.3 Å². The highest BCUT2D eigenvalue weighted by atomic mass is 16.4. The van der Waals surface area contributed by atoms with Gasteiger partial charge in [-0.2, -0.15) is 0 Å². The van der Waals surface area contributed by atoms with E-state index in [0.29, 0.717) is 24.6 Å². The normalized spacial score (nSPS) is 14.3. The molecule has 1 heterocycles. The smallest absolute Gasteiger partial charge is 0.303 e. The first-order chi connectivity index (χ1) is 10.2. The number of hydrogen-bond donors (Lipinski definition) is 1. The lowest BCUT2D eigenvalue weighted by Crippen LogP contribution is -1.98. The molecule has 5 nitrogen and oxygen atoms in total. The molecule has 1 aromatic carbocycles. The van der Waals surface area contributed by atoms with E-state index in [1.165, 1.54) is 11.1 Å². The van der Waals surface area contributed by atoms with Crippen LogP contribution in [0.15, 0.2) is 28.7 Å². The summed E-state index contributed by atoms with van der Waals surface area (Å²) < 4.78 is 5.74. The Labute approximate surface area is 123 Å². The van der Waals surface area contributed by atoms with Crippen molar-refractivity contribution < 1.29 is 14.3 Å². The molecule has 0 unspecified atom stereocenters. The molecule has 5 heteroatoms. The van der Waals surface area contributed by atoms with E-state index < -0.39 is 5.97 Å². The first kappa shape index (κ1) is 13.8. The molecule has 1 N–H and O–H groups in total. The number of carbonyl (C=O) groups is 1. The van der Waals surface area contributed by atoms with Gasteiger partial charge in [-0.15, -0.1) is 10.2 Å². The van der Waals surface area contributed by atoms with Gasteiger partial charge in [0.1, 0.15) is 0 Å². The molecule has 3 rings (SSSR count). The Hall–Kier alpha value is -2.17. The van der Waals surface area contributed by atoms with Crippen LogP contribution in [-0.4, -0.2) is 21.3 Å². The second kappa shape index (κ2) is 6.08. The molecule has 0 amide bonds. The van der Waals surface area contributed by atoms with Gasteiger partial charge in [0.2, 0.25) is 11.8 Å². The first-order valence-electron chi connectivity index (χ1n) is 7.33. The molecule has 0 atom stereocenters. The minimum atomic E-state index is -0.759. The highest BCUT2D eigenvalue weighted by Crippen LogP contribution is 2.33. The highest BCUT2D eigenvalue weighted by molar-refractivity contribution is 5.66. The summed E-state index contributed by atoms with van der Waals surface area (Å²) in [5, 5.41) is 16.8. The number of fused-ring (bicyclic) bond motifs is 1. The summed E-state index contributed by atoms with van der Waals surface area (Å²) in [7, 11) is 0. The lowest BCUT2D eigenvalue weighted by atomic mass is 10.1. The molecule has 1 aromatic heterocycles. The van der Waals surface area contributed by atoms with Gasteiger partial charge < -0.3 is 9.52 Å². The van der Waals surface area contributed by atoms with E-state index in [2.05, 4.69) is 34.5 Å². The van der Waals surface area contributed by atoms with Crippen LogP contribution in [0.25, 0.3) is 0 Å². The fourth-order valence-corrected chi connectivity index (χ4v) is 2.82. The Morgan fingerprint density at radius 2 is 1.90 bits per heavy atom. The second-order valence-corrected chi connectivity index (χ2v) is 5.51. The second-order valence-electron chi connectivity index (χ2n) is 5.51. The molecule has 0 fully saturated rings. The molecule has 0 saturated carbocycles. The lowest BCUT2D eigenvalue weighted by Gasteiger charge is -2.01. The fourth-order valence-electron chi connectivity index (χ4n) is 2.82. The molecule has 0 spiro atoms. The summed E-state index contributed by atoms with van der Waals surface area (Å²) in [5.74, 6) is 0.846. The SMILES string of the molecule is O=C(O)CCCCc1nnc(C2Cc3ccccc3C2)o1. The van der Waals surface area contributed by atoms with Crippen LogP contribution in [0.2, 0.25) is 0 Å². The maximum Gasteiger partial charge on any atom is 0.303 e. The van der Waals surface area contributed by atoms with Crippen LogP contribution in [0, 0.1) is 0 Å². The van der Waals surface area contributed by atoms with Crippen molar-refractivity contribution in [3.05, 3.63) is 47.2 Å². The minimum absolute atomic E-state index is 0.193. The van der Waals surface area contributed by atoms with E-state index in [1.807, 2.05) is 0 Å². The van der Waals surface area contributed by atoms with Gasteiger partial charge in [0.05, 0.1) is 0 Å². The van der Waals surface area contributed by atoms with Gasteiger partial charge >= 0.3 is 5.97 Å². The van der Waals surface area contributed by atoms with Gasteiger partial charge in [-0.1, -0.05) is 24.3 Å². The number of aromatic nitrogens is 2. The van der Waals surface area contributed by atoms with E-state index in [9.17, 15) is 4.79 Å². The largest absolute Gasteiger partial charge is 0.481 e. The summed E-state index contributed by atoms with van der Waals surface area (Å²) in [5.41, 5.74) is 2.73. The molecule has 0 bridgehead atoms. The molecule has 0 aliphatic heterocycles. The monoisotopic (exact) mass is 286 g/mol. The van der Waals surface area contributed by atoms with Crippen molar-refractivity contribution >= 4 is 5.97 Å². The Morgan fingerprint density at radius 1 is 1.19 bits per heavy atom. The Bertz CT molecular complexity index is 611. The van der Waals surface area contributed by atoms with Gasteiger partial charge in [0.25, 0.3) is 0 Å². The van der Waals surface area contributed by atoms with E-state index in [1.54, 1.807) is 0 Å². The van der Waals surface area contributed by atoms with Crippen LogP contribution >= 0.6 is 0 Å². The molecule has 21 heavy (non-hydrogen) atoms. The van der Waals surface area contributed by atoms with Crippen molar-refractivity contribution in [2.24, 2.45) is 0 Å². The number of aliphatic carboxylic acids is 1. The number of unbranched alkanes of at least 4 members (excludes halogenated alkanes) is 1. The number of carboxylic acids is 1. The van der Waals surface area contributed by atoms with Crippen molar-refractivity contribution in [3.8, 4) is 0 Å². The zero-order chi connectivity index (χ0) is 14.7. The Kier molecular flexibility index (Phi) is 3.99. The minimum Gasteiger partial charge on any atom is -0.481 e. The summed E-state index contributed by atoms with van der Waals surface area (Å²) >= 11 is 0. The fraction of sp³-hybridized carbons (Fsp3) is 0.438. The van der Waals surface area contributed by atoms with Gasteiger partial charge in [-0.05, 0) is 36.8 Å². The maximum atomic E-state index is 10.4. The highest BCUT2D eigenvalue weighted by Gasteiger charge is 2.26. The summed E-state index contributed by atoms with van der Waals surface area (Å²) in [4.78, 5) is 10.4. The van der Waals surface area contributed by atoms with Crippen molar-refractivity contribution in [1.29, 1.82) is 0 Å². The van der Waals surface area contributed by atoms with Crippen molar-refractivity contribution in [3.63, 3.8) is 0 Å². The summed E-state index contributed by atoms with van der Waals surface area (Å²) in [6.07, 6.45) is 4.16. The number of hydrogen-bond acceptors (Lipinski definition) is 4. The third-order valence-corrected chi connectivity index (χ3v) is 3.91. The van der Waals surface area contributed by atoms with Crippen molar-refractivity contribution in [2.75, 3.05) is 0 Å². The van der Waals surface area contributed by atoms with Crippen molar-refractivity contribution in [1.82, 2.24) is 10.2 Å². The number of benzene rings is 1. The van der Waals surface area contributed by atoms with E-state index >= 15 is 0 Å². The van der Waals surface area contributed by atoms with Gasteiger partial charge in [-0.25, -0.2) is 0 Å². The molecule has 0 saturated heterocycles. The Balaban J connectivity index is 1.55. The van der Waals surface area contributed by atoms with Crippen LogP contribution < -0.4 is 0 Å². The third kappa shape index (κ3) is 3.29. The maximum absolute atomic E-state index is 10.4. The van der Waals surface area contributed by atoms with Crippen LogP contribution in [0.1, 0.15) is 48.1 Å².